The van der Waals surface area contributed by atoms with Crippen molar-refractivity contribution in [1.29, 1.82) is 0 Å². The summed E-state index contributed by atoms with van der Waals surface area (Å²) in [5.41, 5.74) is 2.89. The molecule has 5 aromatic rings. The fourth-order valence-corrected chi connectivity index (χ4v) is 5.39. The molecule has 208 valence electrons. The summed E-state index contributed by atoms with van der Waals surface area (Å²) in [5.74, 6) is -1.66. The molecule has 0 aromatic heterocycles. The van der Waals surface area contributed by atoms with Crippen molar-refractivity contribution in [3.63, 3.8) is 0 Å². The monoisotopic (exact) mass is 683 g/mol. The molecule has 5 aromatic carbocycles. The van der Waals surface area contributed by atoms with Crippen LogP contribution in [0.5, 0.6) is 0 Å². The fraction of sp³-hybridized carbons (Fsp3) is 0.0278. The first-order chi connectivity index (χ1) is 20.4. The lowest BCUT2D eigenvalue weighted by Gasteiger charge is -2.26. The molecule has 0 radical (unpaired) electrons. The summed E-state index contributed by atoms with van der Waals surface area (Å²) in [5, 5.41) is 3.48. The van der Waals surface area contributed by atoms with E-state index in [1.165, 1.54) is 24.3 Å². The van der Waals surface area contributed by atoms with E-state index in [1.54, 1.807) is 24.3 Å². The van der Waals surface area contributed by atoms with Crippen LogP contribution < -0.4 is 5.32 Å². The molecular weight excluding hydrogens is 660 g/mol. The Morgan fingerprint density at radius 2 is 1.12 bits per heavy atom. The van der Waals surface area contributed by atoms with Crippen molar-refractivity contribution in [1.82, 2.24) is 5.32 Å². The Morgan fingerprint density at radius 1 is 0.643 bits per heavy atom. The van der Waals surface area contributed by atoms with E-state index in [0.29, 0.717) is 8.95 Å². The number of rotatable bonds is 9. The zero-order chi connectivity index (χ0) is 29.5. The molecule has 0 heterocycles. The van der Waals surface area contributed by atoms with Crippen molar-refractivity contribution in [3.8, 4) is 0 Å². The lowest BCUT2D eigenvalue weighted by molar-refractivity contribution is -0.109. The van der Waals surface area contributed by atoms with Crippen molar-refractivity contribution in [2.45, 2.75) is 6.04 Å². The van der Waals surface area contributed by atoms with Crippen molar-refractivity contribution in [2.24, 2.45) is 0 Å². The summed E-state index contributed by atoms with van der Waals surface area (Å²) in [6.45, 7) is 0. The van der Waals surface area contributed by atoms with Crippen molar-refractivity contribution in [2.75, 3.05) is 0 Å². The molecule has 2 nitrogen and oxygen atoms in total. The van der Waals surface area contributed by atoms with Crippen molar-refractivity contribution >= 4 is 55.0 Å². The maximum absolute atomic E-state index is 15.7. The first-order valence-corrected chi connectivity index (χ1v) is 14.8. The minimum atomic E-state index is -0.611. The Hall–Kier alpha value is -4.13. The van der Waals surface area contributed by atoms with E-state index >= 15 is 8.78 Å². The molecule has 0 atom stereocenters. The smallest absolute Gasteiger partial charge is 0.188 e. The second kappa shape index (κ2) is 13.7. The van der Waals surface area contributed by atoms with Crippen LogP contribution in [0.15, 0.2) is 142 Å². The number of benzene rings is 5. The SMILES string of the molecule is O=C(/C=C/c1ccccc1)/C(=C(\NC(c1ccccc1)c1ccccc1)c1cc(Br)ccc1F)c1cc(Br)ccc1F. The van der Waals surface area contributed by atoms with E-state index < -0.39 is 23.5 Å². The zero-order valence-corrected chi connectivity index (χ0v) is 25.4. The second-order valence-corrected chi connectivity index (χ2v) is 11.3. The van der Waals surface area contributed by atoms with Crippen LogP contribution in [-0.2, 0) is 4.79 Å². The Morgan fingerprint density at radius 3 is 1.67 bits per heavy atom. The van der Waals surface area contributed by atoms with Gasteiger partial charge in [-0.05, 0) is 59.2 Å². The molecule has 0 spiro atoms. The number of carbonyl (C=O) groups excluding carboxylic acids is 1. The summed E-state index contributed by atoms with van der Waals surface area (Å²) in [7, 11) is 0. The maximum Gasteiger partial charge on any atom is 0.188 e. The Labute approximate surface area is 260 Å². The summed E-state index contributed by atoms with van der Waals surface area (Å²) >= 11 is 6.88. The highest BCUT2D eigenvalue weighted by Crippen LogP contribution is 2.35. The normalized spacial score (nSPS) is 11.9. The summed E-state index contributed by atoms with van der Waals surface area (Å²) in [6.07, 6.45) is 3.06. The average molecular weight is 685 g/mol. The van der Waals surface area contributed by atoms with Gasteiger partial charge in [0.25, 0.3) is 0 Å². The van der Waals surface area contributed by atoms with Gasteiger partial charge >= 0.3 is 0 Å². The van der Waals surface area contributed by atoms with Gasteiger partial charge < -0.3 is 5.32 Å². The van der Waals surface area contributed by atoms with E-state index in [9.17, 15) is 4.79 Å². The summed E-state index contributed by atoms with van der Waals surface area (Å²) in [4.78, 5) is 14.1. The lowest BCUT2D eigenvalue weighted by Crippen LogP contribution is -2.24. The van der Waals surface area contributed by atoms with Crippen molar-refractivity contribution in [3.05, 3.63) is 182 Å². The first-order valence-electron chi connectivity index (χ1n) is 13.2. The maximum atomic E-state index is 15.7. The molecule has 0 saturated carbocycles. The van der Waals surface area contributed by atoms with E-state index in [2.05, 4.69) is 37.2 Å². The minimum Gasteiger partial charge on any atom is -0.373 e. The van der Waals surface area contributed by atoms with Gasteiger partial charge in [0.15, 0.2) is 5.78 Å². The summed E-state index contributed by atoms with van der Waals surface area (Å²) < 4.78 is 32.5. The predicted molar refractivity (Wildman–Crippen MR) is 173 cm³/mol. The van der Waals surface area contributed by atoms with Crippen molar-refractivity contribution < 1.29 is 13.6 Å². The quantitative estimate of drug-likeness (QED) is 0.124. The van der Waals surface area contributed by atoms with Gasteiger partial charge in [0.1, 0.15) is 11.6 Å². The molecule has 0 fully saturated rings. The van der Waals surface area contributed by atoms with Gasteiger partial charge in [-0.3, -0.25) is 4.79 Å². The van der Waals surface area contributed by atoms with Gasteiger partial charge in [-0.1, -0.05) is 129 Å². The molecule has 0 bridgehead atoms. The van der Waals surface area contributed by atoms with E-state index in [0.717, 1.165) is 16.7 Å². The second-order valence-electron chi connectivity index (χ2n) is 9.51. The number of nitrogens with one attached hydrogen (secondary N) is 1. The molecule has 6 heteroatoms. The highest BCUT2D eigenvalue weighted by atomic mass is 79.9. The highest BCUT2D eigenvalue weighted by molar-refractivity contribution is 9.10. The Kier molecular flexibility index (Phi) is 9.57. The molecule has 0 amide bonds. The number of hydrogen-bond donors (Lipinski definition) is 1. The van der Waals surface area contributed by atoms with Gasteiger partial charge in [-0.15, -0.1) is 0 Å². The van der Waals surface area contributed by atoms with Crippen LogP contribution in [0.25, 0.3) is 17.3 Å². The molecular formula is C36H25Br2F2NO. The van der Waals surface area contributed by atoms with Gasteiger partial charge in [0.2, 0.25) is 0 Å². The number of allylic oxidation sites excluding steroid dienone is 2. The molecule has 0 aliphatic carbocycles. The largest absolute Gasteiger partial charge is 0.373 e. The van der Waals surface area contributed by atoms with E-state index in [-0.39, 0.29) is 22.4 Å². The third-order valence-electron chi connectivity index (χ3n) is 6.67. The average Bonchev–Trinajstić information content (AvgIpc) is 3.02. The molecule has 0 unspecified atom stereocenters. The third-order valence-corrected chi connectivity index (χ3v) is 7.66. The number of carbonyl (C=O) groups is 1. The molecule has 0 aliphatic heterocycles. The summed E-state index contributed by atoms with van der Waals surface area (Å²) in [6, 6.07) is 37.0. The Bertz CT molecular complexity index is 1710. The topological polar surface area (TPSA) is 29.1 Å². The number of hydrogen-bond acceptors (Lipinski definition) is 2. The standard InChI is InChI=1S/C36H25Br2F2NO/c37-27-17-19-31(39)29(22-27)34(33(42)21-16-24-10-4-1-5-11-24)36(30-23-28(38)18-20-32(30)40)41-35(25-12-6-2-7-13-25)26-14-8-3-9-15-26/h1-23,35,41H/b21-16+,36-34-. The van der Waals surface area contributed by atoms with Gasteiger partial charge in [0, 0.05) is 20.1 Å². The van der Waals surface area contributed by atoms with Gasteiger partial charge in [-0.25, -0.2) is 8.78 Å². The van der Waals surface area contributed by atoms with Crippen LogP contribution in [0.1, 0.15) is 33.9 Å². The highest BCUT2D eigenvalue weighted by Gasteiger charge is 2.26. The number of halogens is 4. The first kappa shape index (κ1) is 29.4. The zero-order valence-electron chi connectivity index (χ0n) is 22.3. The van der Waals surface area contributed by atoms with Crippen LogP contribution in [0.4, 0.5) is 8.78 Å². The van der Waals surface area contributed by atoms with Crippen LogP contribution >= 0.6 is 31.9 Å². The van der Waals surface area contributed by atoms with Crippen LogP contribution in [0, 0.1) is 11.6 Å². The van der Waals surface area contributed by atoms with Crippen LogP contribution in [0.2, 0.25) is 0 Å². The molecule has 5 rings (SSSR count). The molecule has 1 N–H and O–H groups in total. The molecule has 0 aliphatic rings. The Balaban J connectivity index is 1.80. The van der Waals surface area contributed by atoms with E-state index in [1.807, 2.05) is 91.0 Å². The molecule has 0 saturated heterocycles. The van der Waals surface area contributed by atoms with E-state index in [4.69, 9.17) is 0 Å². The van der Waals surface area contributed by atoms with Gasteiger partial charge in [0.05, 0.1) is 17.3 Å². The lowest BCUT2D eigenvalue weighted by atomic mass is 9.92. The van der Waals surface area contributed by atoms with Crippen LogP contribution in [-0.4, -0.2) is 5.78 Å². The molecule has 42 heavy (non-hydrogen) atoms. The van der Waals surface area contributed by atoms with Gasteiger partial charge in [-0.2, -0.15) is 0 Å². The third kappa shape index (κ3) is 7.01. The minimum absolute atomic E-state index is 0.00477. The fourth-order valence-electron chi connectivity index (χ4n) is 4.67. The predicted octanol–water partition coefficient (Wildman–Crippen LogP) is 10.0. The van der Waals surface area contributed by atoms with Crippen LogP contribution in [0.3, 0.4) is 0 Å². The number of ketones is 1.